The van der Waals surface area contributed by atoms with Crippen molar-refractivity contribution >= 4 is 34.2 Å². The van der Waals surface area contributed by atoms with Crippen LogP contribution >= 0.6 is 0 Å². The number of hydrogen-bond acceptors (Lipinski definition) is 7. The summed E-state index contributed by atoms with van der Waals surface area (Å²) in [5, 5.41) is 14.5. The van der Waals surface area contributed by atoms with Crippen LogP contribution in [0.25, 0.3) is 11.0 Å². The van der Waals surface area contributed by atoms with E-state index in [-0.39, 0.29) is 22.4 Å². The molecule has 4 aromatic rings. The fourth-order valence-electron chi connectivity index (χ4n) is 4.34. The Balaban J connectivity index is 1.36. The maximum Gasteiger partial charge on any atom is 0.417 e. The van der Waals surface area contributed by atoms with E-state index in [9.17, 15) is 27.2 Å². The number of aromatic nitrogens is 2. The van der Waals surface area contributed by atoms with Gasteiger partial charge in [0, 0.05) is 43.0 Å². The number of ketones is 1. The summed E-state index contributed by atoms with van der Waals surface area (Å²) in [6, 6.07) is 12.0. The molecule has 0 aliphatic carbocycles. The van der Waals surface area contributed by atoms with E-state index in [1.54, 1.807) is 12.3 Å². The Morgan fingerprint density at radius 3 is 2.42 bits per heavy atom. The summed E-state index contributed by atoms with van der Waals surface area (Å²) in [5.74, 6) is -1.82. The lowest BCUT2D eigenvalue weighted by Gasteiger charge is -2.28. The molecule has 1 aliphatic heterocycles. The van der Waals surface area contributed by atoms with Crippen molar-refractivity contribution in [1.82, 2.24) is 15.3 Å². The quantitative estimate of drug-likeness (QED) is 0.278. The maximum atomic E-state index is 15.0. The van der Waals surface area contributed by atoms with E-state index in [1.165, 1.54) is 30.3 Å². The third-order valence-corrected chi connectivity index (χ3v) is 6.41. The summed E-state index contributed by atoms with van der Waals surface area (Å²) in [5.41, 5.74) is -1.34. The zero-order valence-corrected chi connectivity index (χ0v) is 20.7. The Morgan fingerprint density at radius 1 is 0.975 bits per heavy atom. The average Bonchev–Trinajstić information content (AvgIpc) is 2.96. The summed E-state index contributed by atoms with van der Waals surface area (Å²) >= 11 is 0. The third kappa shape index (κ3) is 5.45. The number of carbonyl (C=O) groups excluding carboxylic acids is 2. The molecule has 1 fully saturated rings. The van der Waals surface area contributed by atoms with Crippen LogP contribution in [0.1, 0.15) is 37.4 Å². The van der Waals surface area contributed by atoms with Crippen LogP contribution in [0.3, 0.4) is 0 Å². The van der Waals surface area contributed by atoms with Gasteiger partial charge in [-0.15, -0.1) is 0 Å². The molecule has 202 valence electrons. The van der Waals surface area contributed by atoms with Gasteiger partial charge in [0.1, 0.15) is 11.6 Å². The molecular formula is C28H20F4N6O2. The van der Waals surface area contributed by atoms with Gasteiger partial charge in [0.15, 0.2) is 5.78 Å². The number of nitrogens with zero attached hydrogens (tertiary/aromatic N) is 4. The van der Waals surface area contributed by atoms with Gasteiger partial charge >= 0.3 is 6.18 Å². The summed E-state index contributed by atoms with van der Waals surface area (Å²) < 4.78 is 54.7. The number of nitriles is 1. The second kappa shape index (κ2) is 10.7. The first-order valence-electron chi connectivity index (χ1n) is 12.1. The van der Waals surface area contributed by atoms with E-state index in [2.05, 4.69) is 25.5 Å². The fourth-order valence-corrected chi connectivity index (χ4v) is 4.34. The van der Waals surface area contributed by atoms with E-state index in [0.29, 0.717) is 22.9 Å². The summed E-state index contributed by atoms with van der Waals surface area (Å²) in [6.45, 7) is 3.16. The van der Waals surface area contributed by atoms with Crippen LogP contribution in [0.5, 0.6) is 0 Å². The lowest BCUT2D eigenvalue weighted by atomic mass is 10.0. The van der Waals surface area contributed by atoms with Crippen LogP contribution in [0.4, 0.5) is 29.1 Å². The molecular weight excluding hydrogens is 528 g/mol. The Hall–Kier alpha value is -4.89. The number of halogens is 4. The molecule has 1 aromatic heterocycles. The van der Waals surface area contributed by atoms with Crippen molar-refractivity contribution in [3.63, 3.8) is 0 Å². The molecule has 1 aliphatic rings. The van der Waals surface area contributed by atoms with Crippen molar-refractivity contribution < 1.29 is 27.2 Å². The number of anilines is 2. The molecule has 3 aromatic carbocycles. The van der Waals surface area contributed by atoms with Crippen LogP contribution in [0.15, 0.2) is 60.8 Å². The molecule has 0 unspecified atom stereocenters. The normalized spacial score (nSPS) is 13.6. The van der Waals surface area contributed by atoms with Crippen LogP contribution in [-0.2, 0) is 6.18 Å². The first-order chi connectivity index (χ1) is 19.1. The molecule has 5 rings (SSSR count). The number of nitrogens with one attached hydrogen (secondary N) is 2. The van der Waals surface area contributed by atoms with Gasteiger partial charge in [0.25, 0.3) is 5.91 Å². The average molecular weight is 549 g/mol. The van der Waals surface area contributed by atoms with Gasteiger partial charge in [0.05, 0.1) is 40.0 Å². The summed E-state index contributed by atoms with van der Waals surface area (Å²) in [6.07, 6.45) is -3.17. The van der Waals surface area contributed by atoms with Crippen LogP contribution in [0, 0.1) is 17.1 Å². The number of benzene rings is 3. The smallest absolute Gasteiger partial charge is 0.353 e. The number of carbonyl (C=O) groups is 2. The predicted octanol–water partition coefficient (Wildman–Crippen LogP) is 4.55. The summed E-state index contributed by atoms with van der Waals surface area (Å²) in [4.78, 5) is 36.8. The molecule has 0 atom stereocenters. The molecule has 1 amide bonds. The maximum absolute atomic E-state index is 15.0. The van der Waals surface area contributed by atoms with Crippen molar-refractivity contribution in [2.75, 3.05) is 36.4 Å². The SMILES string of the molecule is N#Cc1ccc(C(=O)Nc2ccc(C(=O)c3ccc4ncc(N5CCNCC5)nc4c3)c(F)c2)cc1C(F)(F)F. The molecule has 1 saturated heterocycles. The van der Waals surface area contributed by atoms with Gasteiger partial charge in [-0.3, -0.25) is 14.6 Å². The Labute approximate surface area is 225 Å². The van der Waals surface area contributed by atoms with Crippen LogP contribution in [-0.4, -0.2) is 47.8 Å². The second-order valence-electron chi connectivity index (χ2n) is 9.02. The number of hydrogen-bond donors (Lipinski definition) is 2. The van der Waals surface area contributed by atoms with Crippen LogP contribution < -0.4 is 15.5 Å². The molecule has 0 bridgehead atoms. The van der Waals surface area contributed by atoms with E-state index in [1.807, 2.05) is 0 Å². The zero-order chi connectivity index (χ0) is 28.4. The van der Waals surface area contributed by atoms with Gasteiger partial charge in [0.2, 0.25) is 0 Å². The molecule has 12 heteroatoms. The standard InChI is InChI=1S/C28H20F4N6O2/c29-22-13-19(36-27(40)17-1-2-18(14-33)21(11-17)28(30,31)32)4-5-20(22)26(39)16-3-6-23-24(12-16)37-25(15-35-23)38-9-7-34-8-10-38/h1-6,11-13,15,34H,7-10H2,(H,36,40). The van der Waals surface area contributed by atoms with Crippen LogP contribution in [0.2, 0.25) is 0 Å². The first kappa shape index (κ1) is 26.7. The second-order valence-corrected chi connectivity index (χ2v) is 9.02. The van der Waals surface area contributed by atoms with Gasteiger partial charge < -0.3 is 15.5 Å². The molecule has 2 N–H and O–H groups in total. The minimum absolute atomic E-state index is 0.0676. The topological polar surface area (TPSA) is 111 Å². The molecule has 40 heavy (non-hydrogen) atoms. The van der Waals surface area contributed by atoms with E-state index < -0.39 is 34.8 Å². The summed E-state index contributed by atoms with van der Waals surface area (Å²) in [7, 11) is 0. The highest BCUT2D eigenvalue weighted by Crippen LogP contribution is 2.32. The van der Waals surface area contributed by atoms with Gasteiger partial charge in [-0.1, -0.05) is 0 Å². The van der Waals surface area contributed by atoms with Crippen molar-refractivity contribution in [1.29, 1.82) is 5.26 Å². The number of alkyl halides is 3. The van der Waals surface area contributed by atoms with Crippen molar-refractivity contribution in [3.05, 3.63) is 94.4 Å². The lowest BCUT2D eigenvalue weighted by Crippen LogP contribution is -2.43. The molecule has 0 saturated carbocycles. The van der Waals surface area contributed by atoms with Gasteiger partial charge in [-0.25, -0.2) is 9.37 Å². The number of rotatable bonds is 5. The molecule has 0 spiro atoms. The van der Waals surface area contributed by atoms with E-state index >= 15 is 0 Å². The van der Waals surface area contributed by atoms with Crippen molar-refractivity contribution in [2.45, 2.75) is 6.18 Å². The fraction of sp³-hybridized carbons (Fsp3) is 0.179. The van der Waals surface area contributed by atoms with Gasteiger partial charge in [-0.2, -0.15) is 18.4 Å². The zero-order valence-electron chi connectivity index (χ0n) is 20.7. The Kier molecular flexibility index (Phi) is 7.15. The molecule has 2 heterocycles. The number of fused-ring (bicyclic) bond motifs is 1. The third-order valence-electron chi connectivity index (χ3n) is 6.41. The largest absolute Gasteiger partial charge is 0.417 e. The van der Waals surface area contributed by atoms with E-state index in [4.69, 9.17) is 5.26 Å². The highest BCUT2D eigenvalue weighted by molar-refractivity contribution is 6.11. The van der Waals surface area contributed by atoms with Crippen molar-refractivity contribution in [2.24, 2.45) is 0 Å². The highest BCUT2D eigenvalue weighted by Gasteiger charge is 2.34. The molecule has 0 radical (unpaired) electrons. The number of piperazine rings is 1. The predicted molar refractivity (Wildman–Crippen MR) is 139 cm³/mol. The highest BCUT2D eigenvalue weighted by atomic mass is 19.4. The minimum atomic E-state index is -4.84. The number of amides is 1. The first-order valence-corrected chi connectivity index (χ1v) is 12.1. The Morgan fingerprint density at radius 2 is 1.73 bits per heavy atom. The Bertz CT molecular complexity index is 1680. The van der Waals surface area contributed by atoms with Gasteiger partial charge in [-0.05, 0) is 54.6 Å². The lowest BCUT2D eigenvalue weighted by molar-refractivity contribution is -0.137. The monoisotopic (exact) mass is 548 g/mol. The minimum Gasteiger partial charge on any atom is -0.353 e. The van der Waals surface area contributed by atoms with Crippen molar-refractivity contribution in [3.8, 4) is 6.07 Å². The van der Waals surface area contributed by atoms with E-state index in [0.717, 1.165) is 44.4 Å². The molecule has 8 nitrogen and oxygen atoms in total.